The molecule has 2 aliphatic rings. The first kappa shape index (κ1) is 18.9. The van der Waals surface area contributed by atoms with E-state index in [0.29, 0.717) is 4.73 Å². The van der Waals surface area contributed by atoms with Crippen molar-refractivity contribution in [3.63, 3.8) is 0 Å². The van der Waals surface area contributed by atoms with Crippen molar-refractivity contribution in [1.82, 2.24) is 14.9 Å². The molecule has 0 aromatic carbocycles. The molecule has 2 amide bonds. The van der Waals surface area contributed by atoms with Crippen LogP contribution in [-0.2, 0) is 24.0 Å². The number of nitrogens with zero attached hydrogens (tertiary/aromatic N) is 3. The number of aliphatic carboxylic acids is 1. The van der Waals surface area contributed by atoms with Gasteiger partial charge in [-0.2, -0.15) is 4.73 Å². The number of thiazole rings is 1. The third kappa shape index (κ3) is 3.06. The molecular weight excluding hydrogens is 402 g/mol. The summed E-state index contributed by atoms with van der Waals surface area (Å²) in [5.41, 5.74) is -0.476. The first-order valence-corrected chi connectivity index (χ1v) is 9.26. The van der Waals surface area contributed by atoms with Gasteiger partial charge in [-0.05, 0) is 0 Å². The topological polar surface area (TPSA) is 174 Å². The van der Waals surface area contributed by atoms with E-state index >= 15 is 0 Å². The highest BCUT2D eigenvalue weighted by molar-refractivity contribution is 8.00. The van der Waals surface area contributed by atoms with Gasteiger partial charge in [-0.25, -0.2) is 4.79 Å². The molecule has 0 aliphatic carbocycles. The predicted molar refractivity (Wildman–Crippen MR) is 90.3 cm³/mol. The molecule has 1 aromatic rings. The predicted octanol–water partition coefficient (Wildman–Crippen LogP) is -1.96. The highest BCUT2D eigenvalue weighted by Crippen LogP contribution is 2.36. The lowest BCUT2D eigenvalue weighted by Gasteiger charge is -2.51. The highest BCUT2D eigenvalue weighted by atomic mass is 32.2. The summed E-state index contributed by atoms with van der Waals surface area (Å²) < 4.78 is 0.436. The molecule has 1 unspecified atom stereocenters. The van der Waals surface area contributed by atoms with E-state index in [0.717, 1.165) is 28.0 Å². The molecule has 144 valence electrons. The Labute approximate surface area is 158 Å². The lowest BCUT2D eigenvalue weighted by atomic mass is 10.00. The van der Waals surface area contributed by atoms with E-state index in [1.165, 1.54) is 12.5 Å². The average Bonchev–Trinajstić information content (AvgIpc) is 2.95. The van der Waals surface area contributed by atoms with Gasteiger partial charge >= 0.3 is 5.97 Å². The van der Waals surface area contributed by atoms with Crippen molar-refractivity contribution >= 4 is 52.4 Å². The summed E-state index contributed by atoms with van der Waals surface area (Å²) in [4.78, 5) is 53.1. The van der Waals surface area contributed by atoms with Crippen LogP contribution in [0.25, 0.3) is 0 Å². The minimum absolute atomic E-state index is 0.0970. The van der Waals surface area contributed by atoms with E-state index in [1.807, 2.05) is 0 Å². The van der Waals surface area contributed by atoms with Crippen molar-refractivity contribution in [2.45, 2.75) is 17.5 Å². The maximum absolute atomic E-state index is 12.5. The van der Waals surface area contributed by atoms with Crippen molar-refractivity contribution in [1.29, 1.82) is 5.41 Å². The molecule has 14 heteroatoms. The van der Waals surface area contributed by atoms with Gasteiger partial charge in [0.25, 0.3) is 5.91 Å². The summed E-state index contributed by atoms with van der Waals surface area (Å²) in [6.07, 6.45) is 0. The number of oxime groups is 1. The molecule has 2 aliphatic heterocycles. The molecule has 0 saturated carbocycles. The second-order valence-corrected chi connectivity index (χ2v) is 7.43. The van der Waals surface area contributed by atoms with Crippen LogP contribution in [0, 0.1) is 5.41 Å². The average molecular weight is 415 g/mol. The van der Waals surface area contributed by atoms with Gasteiger partial charge in [-0.1, -0.05) is 5.16 Å². The Hall–Kier alpha value is -2.87. The Morgan fingerprint density at radius 3 is 2.70 bits per heavy atom. The Kier molecular flexibility index (Phi) is 4.93. The number of carbonyl (C=O) groups excluding carboxylic acids is 3. The Morgan fingerprint density at radius 2 is 2.15 bits per heavy atom. The largest absolute Gasteiger partial charge is 0.479 e. The molecule has 12 nitrogen and oxygen atoms in total. The SMILES string of the molecule is CON=C(C(=O)N[C@@H]1C(=O)N2C(C(=O)O)C(=O)CS[C@@H]12)c1csc(=N)n1O. The van der Waals surface area contributed by atoms with Crippen LogP contribution in [0.5, 0.6) is 0 Å². The number of carboxylic acids is 1. The summed E-state index contributed by atoms with van der Waals surface area (Å²) in [5.74, 6) is -3.68. The zero-order chi connectivity index (χ0) is 19.9. The van der Waals surface area contributed by atoms with Crippen molar-refractivity contribution < 1.29 is 34.3 Å². The Morgan fingerprint density at radius 1 is 1.44 bits per heavy atom. The van der Waals surface area contributed by atoms with E-state index in [4.69, 9.17) is 10.5 Å². The van der Waals surface area contributed by atoms with Gasteiger partial charge in [0.1, 0.15) is 24.2 Å². The van der Waals surface area contributed by atoms with Gasteiger partial charge in [0.15, 0.2) is 17.5 Å². The zero-order valence-electron chi connectivity index (χ0n) is 13.6. The zero-order valence-corrected chi connectivity index (χ0v) is 15.2. The van der Waals surface area contributed by atoms with Crippen molar-refractivity contribution in [3.8, 4) is 0 Å². The molecular formula is C13H13N5O7S2. The van der Waals surface area contributed by atoms with Crippen LogP contribution in [0.4, 0.5) is 0 Å². The molecule has 3 atom stereocenters. The molecule has 0 bridgehead atoms. The molecule has 2 saturated heterocycles. The Balaban J connectivity index is 1.80. The second-order valence-electron chi connectivity index (χ2n) is 5.47. The van der Waals surface area contributed by atoms with Crippen LogP contribution < -0.4 is 10.1 Å². The van der Waals surface area contributed by atoms with E-state index in [9.17, 15) is 24.4 Å². The van der Waals surface area contributed by atoms with E-state index in [2.05, 4.69) is 15.3 Å². The third-order valence-corrected chi connectivity index (χ3v) is 5.95. The van der Waals surface area contributed by atoms with Crippen molar-refractivity contribution in [3.05, 3.63) is 15.9 Å². The van der Waals surface area contributed by atoms with E-state index in [-0.39, 0.29) is 22.0 Å². The second kappa shape index (κ2) is 7.03. The van der Waals surface area contributed by atoms with Gasteiger partial charge in [-0.15, -0.1) is 23.1 Å². The summed E-state index contributed by atoms with van der Waals surface area (Å²) in [6, 6.07) is -2.62. The van der Waals surface area contributed by atoms with Gasteiger partial charge in [0.05, 0.1) is 5.75 Å². The smallest absolute Gasteiger partial charge is 0.334 e. The Bertz CT molecular complexity index is 922. The van der Waals surface area contributed by atoms with Crippen LogP contribution in [-0.4, -0.2) is 79.5 Å². The number of fused-ring (bicyclic) bond motifs is 1. The minimum atomic E-state index is -1.56. The standard InChI is InChI=1S/C13H13N5O7S2/c1-25-16-6(4-2-27-13(14)18(4)24)9(20)15-7-10(21)17-8(12(22)23)5(19)3-26-11(7)17/h2,7-8,11,14,24H,3H2,1H3,(H,15,20)(H,22,23)/t7-,8?,11+/m1/s1. The fourth-order valence-electron chi connectivity index (χ4n) is 2.71. The fraction of sp³-hybridized carbons (Fsp3) is 0.385. The normalized spacial score (nSPS) is 24.9. The van der Waals surface area contributed by atoms with Gasteiger partial charge in [0.2, 0.25) is 10.7 Å². The maximum Gasteiger partial charge on any atom is 0.334 e. The van der Waals surface area contributed by atoms with Crippen LogP contribution >= 0.6 is 23.1 Å². The first-order valence-electron chi connectivity index (χ1n) is 7.34. The van der Waals surface area contributed by atoms with Crippen LogP contribution in [0.1, 0.15) is 5.69 Å². The molecule has 3 rings (SSSR count). The summed E-state index contributed by atoms with van der Waals surface area (Å²) in [7, 11) is 1.18. The fourth-order valence-corrected chi connectivity index (χ4v) is 4.60. The van der Waals surface area contributed by atoms with Crippen LogP contribution in [0.15, 0.2) is 10.5 Å². The van der Waals surface area contributed by atoms with E-state index < -0.39 is 41.0 Å². The number of Topliss-reactive ketones (excluding diaryl/α,β-unsaturated/α-hetero) is 1. The van der Waals surface area contributed by atoms with E-state index in [1.54, 1.807) is 0 Å². The minimum Gasteiger partial charge on any atom is -0.479 e. The molecule has 0 radical (unpaired) electrons. The number of nitrogens with one attached hydrogen (secondary N) is 2. The molecule has 0 spiro atoms. The number of carboxylic acid groups (broad SMARTS) is 1. The van der Waals surface area contributed by atoms with Crippen molar-refractivity contribution in [2.75, 3.05) is 12.9 Å². The molecule has 27 heavy (non-hydrogen) atoms. The molecule has 2 fully saturated rings. The monoisotopic (exact) mass is 415 g/mol. The highest BCUT2D eigenvalue weighted by Gasteiger charge is 2.58. The maximum atomic E-state index is 12.5. The lowest BCUT2D eigenvalue weighted by molar-refractivity contribution is -0.165. The molecule has 4 N–H and O–H groups in total. The quantitative estimate of drug-likeness (QED) is 0.141. The number of hydrogen-bond donors (Lipinski definition) is 4. The number of carbonyl (C=O) groups is 4. The van der Waals surface area contributed by atoms with Crippen molar-refractivity contribution in [2.24, 2.45) is 5.16 Å². The van der Waals surface area contributed by atoms with Gasteiger partial charge in [-0.3, -0.25) is 19.8 Å². The summed E-state index contributed by atoms with van der Waals surface area (Å²) >= 11 is 1.89. The summed E-state index contributed by atoms with van der Waals surface area (Å²) in [5, 5.41) is 33.0. The van der Waals surface area contributed by atoms with Crippen LogP contribution in [0.3, 0.4) is 0 Å². The van der Waals surface area contributed by atoms with Gasteiger partial charge in [0, 0.05) is 5.38 Å². The number of ketones is 1. The summed E-state index contributed by atoms with van der Waals surface area (Å²) in [6.45, 7) is 0. The van der Waals surface area contributed by atoms with Gasteiger partial charge < -0.3 is 25.4 Å². The number of rotatable bonds is 5. The number of thioether (sulfide) groups is 1. The third-order valence-electron chi connectivity index (χ3n) is 3.92. The number of aromatic nitrogens is 1. The lowest BCUT2D eigenvalue weighted by Crippen LogP contribution is -2.76. The number of amides is 2. The molecule has 1 aromatic heterocycles. The molecule has 3 heterocycles. The number of hydrogen-bond acceptors (Lipinski definition) is 10. The van der Waals surface area contributed by atoms with Crippen LogP contribution in [0.2, 0.25) is 0 Å². The number of β-lactam (4-membered cyclic amide) rings is 1. The first-order chi connectivity index (χ1) is 12.8.